The first-order chi connectivity index (χ1) is 9.70. The van der Waals surface area contributed by atoms with Crippen molar-refractivity contribution in [3.63, 3.8) is 0 Å². The van der Waals surface area contributed by atoms with Crippen LogP contribution in [0, 0.1) is 5.92 Å². The fourth-order valence-corrected chi connectivity index (χ4v) is 4.29. The van der Waals surface area contributed by atoms with Gasteiger partial charge >= 0.3 is 0 Å². The maximum atomic E-state index is 11.2. The summed E-state index contributed by atoms with van der Waals surface area (Å²) in [5, 5.41) is 14.9. The van der Waals surface area contributed by atoms with Crippen LogP contribution < -0.4 is 5.32 Å². The molecule has 1 aromatic carbocycles. The van der Waals surface area contributed by atoms with Crippen LogP contribution in [-0.2, 0) is 0 Å². The summed E-state index contributed by atoms with van der Waals surface area (Å²) in [5.74, 6) is 0.519. The van der Waals surface area contributed by atoms with Gasteiger partial charge in [-0.3, -0.25) is 0 Å². The van der Waals surface area contributed by atoms with Gasteiger partial charge in [-0.05, 0) is 44.1 Å². The first-order valence-corrected chi connectivity index (χ1v) is 8.23. The third-order valence-electron chi connectivity index (χ3n) is 5.49. The average Bonchev–Trinajstić information content (AvgIpc) is 2.49. The minimum absolute atomic E-state index is 0.261. The molecule has 0 aliphatic heterocycles. The summed E-state index contributed by atoms with van der Waals surface area (Å²) in [6.07, 6.45) is 8.27. The van der Waals surface area contributed by atoms with Crippen molar-refractivity contribution in [2.75, 3.05) is 0 Å². The van der Waals surface area contributed by atoms with Gasteiger partial charge in [0.05, 0.1) is 5.60 Å². The SMILES string of the molecule is CC(N[C@@H]1CCC[C@H]2CCCC[C@]21O)c1ccccc1. The van der Waals surface area contributed by atoms with E-state index >= 15 is 0 Å². The molecule has 2 aliphatic carbocycles. The van der Waals surface area contributed by atoms with E-state index < -0.39 is 5.60 Å². The van der Waals surface area contributed by atoms with E-state index in [-0.39, 0.29) is 6.04 Å². The molecule has 20 heavy (non-hydrogen) atoms. The molecule has 2 N–H and O–H groups in total. The molecule has 3 rings (SSSR count). The molecule has 4 atom stereocenters. The van der Waals surface area contributed by atoms with Gasteiger partial charge < -0.3 is 10.4 Å². The first-order valence-electron chi connectivity index (χ1n) is 8.23. The lowest BCUT2D eigenvalue weighted by Gasteiger charge is -2.50. The number of hydrogen-bond acceptors (Lipinski definition) is 2. The Bertz CT molecular complexity index is 430. The van der Waals surface area contributed by atoms with Gasteiger partial charge in [-0.2, -0.15) is 0 Å². The molecule has 2 heteroatoms. The molecule has 0 saturated heterocycles. The van der Waals surface area contributed by atoms with Crippen LogP contribution in [0.5, 0.6) is 0 Å². The molecular weight excluding hydrogens is 246 g/mol. The Morgan fingerprint density at radius 2 is 1.85 bits per heavy atom. The van der Waals surface area contributed by atoms with Crippen LogP contribution in [-0.4, -0.2) is 16.7 Å². The third kappa shape index (κ3) is 2.64. The standard InChI is InChI=1S/C18H27NO/c1-14(15-8-3-2-4-9-15)19-17-12-7-11-16-10-5-6-13-18(16,17)20/h2-4,8-9,14,16-17,19-20H,5-7,10-13H2,1H3/t14?,16-,17-,18+/m1/s1. The first kappa shape index (κ1) is 14.1. The Kier molecular flexibility index (Phi) is 4.13. The van der Waals surface area contributed by atoms with Gasteiger partial charge in [0, 0.05) is 12.1 Å². The number of nitrogens with one attached hydrogen (secondary N) is 1. The summed E-state index contributed by atoms with van der Waals surface area (Å²) in [4.78, 5) is 0. The minimum atomic E-state index is -0.459. The highest BCUT2D eigenvalue weighted by atomic mass is 16.3. The van der Waals surface area contributed by atoms with E-state index in [9.17, 15) is 5.11 Å². The zero-order chi connectivity index (χ0) is 14.0. The van der Waals surface area contributed by atoms with Gasteiger partial charge in [-0.1, -0.05) is 49.6 Å². The van der Waals surface area contributed by atoms with E-state index in [0.717, 1.165) is 12.8 Å². The molecule has 2 fully saturated rings. The molecular formula is C18H27NO. The van der Waals surface area contributed by atoms with Crippen molar-refractivity contribution >= 4 is 0 Å². The molecule has 2 nitrogen and oxygen atoms in total. The van der Waals surface area contributed by atoms with E-state index in [0.29, 0.717) is 12.0 Å². The molecule has 0 spiro atoms. The third-order valence-corrected chi connectivity index (χ3v) is 5.49. The van der Waals surface area contributed by atoms with Gasteiger partial charge in [0.2, 0.25) is 0 Å². The summed E-state index contributed by atoms with van der Waals surface area (Å²) >= 11 is 0. The predicted octanol–water partition coefficient (Wildman–Crippen LogP) is 3.81. The van der Waals surface area contributed by atoms with Crippen LogP contribution in [0.25, 0.3) is 0 Å². The van der Waals surface area contributed by atoms with Crippen LogP contribution >= 0.6 is 0 Å². The molecule has 2 aliphatic rings. The molecule has 0 bridgehead atoms. The Morgan fingerprint density at radius 3 is 2.65 bits per heavy atom. The Hall–Kier alpha value is -0.860. The second-order valence-corrected chi connectivity index (χ2v) is 6.72. The second-order valence-electron chi connectivity index (χ2n) is 6.72. The van der Waals surface area contributed by atoms with Gasteiger partial charge in [0.1, 0.15) is 0 Å². The Labute approximate surface area is 122 Å². The molecule has 1 unspecified atom stereocenters. The highest BCUT2D eigenvalue weighted by Crippen LogP contribution is 2.44. The highest BCUT2D eigenvalue weighted by molar-refractivity contribution is 5.19. The molecule has 0 radical (unpaired) electrons. The summed E-state index contributed by atoms with van der Waals surface area (Å²) in [6, 6.07) is 11.1. The molecule has 0 heterocycles. The maximum absolute atomic E-state index is 11.2. The Morgan fingerprint density at radius 1 is 1.10 bits per heavy atom. The molecule has 1 aromatic rings. The van der Waals surface area contributed by atoms with Crippen LogP contribution in [0.4, 0.5) is 0 Å². The molecule has 0 aromatic heterocycles. The zero-order valence-corrected chi connectivity index (χ0v) is 12.5. The smallest absolute Gasteiger partial charge is 0.0828 e. The lowest BCUT2D eigenvalue weighted by atomic mass is 9.64. The van der Waals surface area contributed by atoms with E-state index in [1.807, 2.05) is 0 Å². The van der Waals surface area contributed by atoms with Gasteiger partial charge in [0.25, 0.3) is 0 Å². The minimum Gasteiger partial charge on any atom is -0.388 e. The van der Waals surface area contributed by atoms with Crippen molar-refractivity contribution in [2.45, 2.75) is 69.6 Å². The summed E-state index contributed by atoms with van der Waals surface area (Å²) < 4.78 is 0. The van der Waals surface area contributed by atoms with Crippen molar-refractivity contribution in [2.24, 2.45) is 5.92 Å². The van der Waals surface area contributed by atoms with E-state index in [2.05, 4.69) is 42.6 Å². The number of hydrogen-bond donors (Lipinski definition) is 2. The quantitative estimate of drug-likeness (QED) is 0.877. The summed E-state index contributed by atoms with van der Waals surface area (Å²) in [6.45, 7) is 2.21. The number of fused-ring (bicyclic) bond motifs is 1. The molecule has 110 valence electrons. The van der Waals surface area contributed by atoms with E-state index in [1.54, 1.807) is 0 Å². The maximum Gasteiger partial charge on any atom is 0.0828 e. The average molecular weight is 273 g/mol. The van der Waals surface area contributed by atoms with Gasteiger partial charge in [0.15, 0.2) is 0 Å². The number of benzene rings is 1. The largest absolute Gasteiger partial charge is 0.388 e. The lowest BCUT2D eigenvalue weighted by Crippen LogP contribution is -2.59. The zero-order valence-electron chi connectivity index (χ0n) is 12.5. The van der Waals surface area contributed by atoms with Crippen molar-refractivity contribution in [3.05, 3.63) is 35.9 Å². The van der Waals surface area contributed by atoms with Crippen molar-refractivity contribution < 1.29 is 5.11 Å². The van der Waals surface area contributed by atoms with E-state index in [1.165, 1.54) is 37.7 Å². The van der Waals surface area contributed by atoms with E-state index in [4.69, 9.17) is 0 Å². The van der Waals surface area contributed by atoms with Crippen LogP contribution in [0.1, 0.15) is 63.5 Å². The van der Waals surface area contributed by atoms with Crippen LogP contribution in [0.3, 0.4) is 0 Å². The lowest BCUT2D eigenvalue weighted by molar-refractivity contribution is -0.101. The normalized spacial score (nSPS) is 35.3. The fourth-order valence-electron chi connectivity index (χ4n) is 4.29. The fraction of sp³-hybridized carbons (Fsp3) is 0.667. The predicted molar refractivity (Wildman–Crippen MR) is 82.5 cm³/mol. The van der Waals surface area contributed by atoms with Crippen molar-refractivity contribution in [1.82, 2.24) is 5.32 Å². The van der Waals surface area contributed by atoms with Gasteiger partial charge in [-0.15, -0.1) is 0 Å². The second kappa shape index (κ2) is 5.87. The summed E-state index contributed by atoms with van der Waals surface area (Å²) in [7, 11) is 0. The molecule has 2 saturated carbocycles. The Balaban J connectivity index is 1.72. The highest BCUT2D eigenvalue weighted by Gasteiger charge is 2.47. The topological polar surface area (TPSA) is 32.3 Å². The van der Waals surface area contributed by atoms with Gasteiger partial charge in [-0.25, -0.2) is 0 Å². The van der Waals surface area contributed by atoms with Crippen molar-refractivity contribution in [3.8, 4) is 0 Å². The number of aliphatic hydroxyl groups is 1. The number of rotatable bonds is 3. The van der Waals surface area contributed by atoms with Crippen LogP contribution in [0.15, 0.2) is 30.3 Å². The summed E-state index contributed by atoms with van der Waals surface area (Å²) in [5.41, 5.74) is 0.855. The molecule has 0 amide bonds. The van der Waals surface area contributed by atoms with Crippen LogP contribution in [0.2, 0.25) is 0 Å². The van der Waals surface area contributed by atoms with Crippen molar-refractivity contribution in [1.29, 1.82) is 0 Å². The monoisotopic (exact) mass is 273 g/mol.